The van der Waals surface area contributed by atoms with Crippen LogP contribution in [0.25, 0.3) is 0 Å². The van der Waals surface area contributed by atoms with Gasteiger partial charge in [-0.15, -0.1) is 0 Å². The lowest BCUT2D eigenvalue weighted by Gasteiger charge is -2.48. The summed E-state index contributed by atoms with van der Waals surface area (Å²) in [6.45, 7) is 2.94. The minimum Gasteiger partial charge on any atom is -0.392 e. The number of nitrogens with two attached hydrogens (primary N) is 1. The van der Waals surface area contributed by atoms with E-state index in [1.54, 1.807) is 19.1 Å². The molecule has 3 heterocycles. The van der Waals surface area contributed by atoms with Crippen LogP contribution in [0.4, 0.5) is 0 Å². The quantitative estimate of drug-likeness (QED) is 0.517. The average molecular weight is 441 g/mol. The number of hydrogen-bond donors (Lipinski definition) is 4. The summed E-state index contributed by atoms with van der Waals surface area (Å²) >= 11 is 6.04. The molecule has 1 aromatic rings. The highest BCUT2D eigenvalue weighted by atomic mass is 35.5. The molecule has 0 aliphatic carbocycles. The molecule has 3 unspecified atom stereocenters. The lowest BCUT2D eigenvalue weighted by Crippen LogP contribution is -2.65. The normalized spacial score (nSPS) is 40.8. The molecule has 0 amide bonds. The molecule has 0 spiro atoms. The first kappa shape index (κ1) is 22.4. The van der Waals surface area contributed by atoms with Crippen molar-refractivity contribution in [1.29, 1.82) is 0 Å². The standard InChI is InChI=1S/C21H33ClN4O4/c1-21(29)16(9-12-4-5-14(22)8-13(12)10-27)30-20(17(21)28)26-7-6-15-18(23)24(2)11-25(3)19(15)26/h4-5,8,15-20,27-29H,6-7,9-11,23H2,1-3H3/t15?,16-,17+,18?,19?,20-,21-/m1/s1. The number of aliphatic hydroxyl groups is 3. The van der Waals surface area contributed by atoms with Gasteiger partial charge in [-0.1, -0.05) is 17.7 Å². The molecule has 0 aromatic heterocycles. The minimum atomic E-state index is -1.43. The van der Waals surface area contributed by atoms with Crippen LogP contribution in [0.15, 0.2) is 18.2 Å². The van der Waals surface area contributed by atoms with Crippen LogP contribution in [0.2, 0.25) is 5.02 Å². The van der Waals surface area contributed by atoms with Crippen LogP contribution in [-0.2, 0) is 17.8 Å². The maximum Gasteiger partial charge on any atom is 0.141 e. The fourth-order valence-electron chi connectivity index (χ4n) is 5.40. The first-order chi connectivity index (χ1) is 14.1. The van der Waals surface area contributed by atoms with Crippen LogP contribution in [0.5, 0.6) is 0 Å². The number of ether oxygens (including phenoxy) is 1. The van der Waals surface area contributed by atoms with Crippen LogP contribution in [0.3, 0.4) is 0 Å². The van der Waals surface area contributed by atoms with Crippen molar-refractivity contribution >= 4 is 11.6 Å². The first-order valence-corrected chi connectivity index (χ1v) is 10.9. The van der Waals surface area contributed by atoms with E-state index in [0.29, 0.717) is 17.0 Å². The van der Waals surface area contributed by atoms with Gasteiger partial charge in [-0.25, -0.2) is 0 Å². The number of aliphatic hydroxyl groups excluding tert-OH is 2. The van der Waals surface area contributed by atoms with E-state index < -0.39 is 24.0 Å². The lowest BCUT2D eigenvalue weighted by molar-refractivity contribution is -0.144. The van der Waals surface area contributed by atoms with Crippen molar-refractivity contribution in [3.05, 3.63) is 34.3 Å². The van der Waals surface area contributed by atoms with E-state index in [-0.39, 0.29) is 24.9 Å². The van der Waals surface area contributed by atoms with Crippen molar-refractivity contribution in [3.8, 4) is 0 Å². The third-order valence-corrected chi connectivity index (χ3v) is 7.42. The Morgan fingerprint density at radius 3 is 2.70 bits per heavy atom. The van der Waals surface area contributed by atoms with E-state index in [2.05, 4.69) is 21.7 Å². The number of fused-ring (bicyclic) bond motifs is 1. The summed E-state index contributed by atoms with van der Waals surface area (Å²) in [6.07, 6.45) is -1.02. The minimum absolute atomic E-state index is 0.0489. The van der Waals surface area contributed by atoms with Crippen LogP contribution in [0, 0.1) is 5.92 Å². The Morgan fingerprint density at radius 2 is 2.00 bits per heavy atom. The van der Waals surface area contributed by atoms with Gasteiger partial charge >= 0.3 is 0 Å². The molecule has 5 N–H and O–H groups in total. The molecule has 7 atom stereocenters. The summed E-state index contributed by atoms with van der Waals surface area (Å²) < 4.78 is 6.30. The maximum atomic E-state index is 11.2. The number of nitrogens with zero attached hydrogens (tertiary/aromatic N) is 3. The van der Waals surface area contributed by atoms with Crippen LogP contribution < -0.4 is 5.73 Å². The molecular weight excluding hydrogens is 408 g/mol. The number of halogens is 1. The highest BCUT2D eigenvalue weighted by molar-refractivity contribution is 6.30. The van der Waals surface area contributed by atoms with Gasteiger partial charge in [-0.2, -0.15) is 0 Å². The number of benzene rings is 1. The Morgan fingerprint density at radius 1 is 1.27 bits per heavy atom. The van der Waals surface area contributed by atoms with Crippen molar-refractivity contribution in [2.75, 3.05) is 27.3 Å². The summed E-state index contributed by atoms with van der Waals surface area (Å²) in [6, 6.07) is 5.31. The summed E-state index contributed by atoms with van der Waals surface area (Å²) in [7, 11) is 4.07. The molecule has 0 saturated carbocycles. The molecule has 3 aliphatic rings. The molecule has 4 rings (SSSR count). The third kappa shape index (κ3) is 3.68. The van der Waals surface area contributed by atoms with E-state index in [9.17, 15) is 15.3 Å². The van der Waals surface area contributed by atoms with E-state index in [0.717, 1.165) is 25.2 Å². The molecule has 3 saturated heterocycles. The zero-order chi connectivity index (χ0) is 21.8. The molecule has 168 valence electrons. The summed E-state index contributed by atoms with van der Waals surface area (Å²) in [5, 5.41) is 32.4. The number of hydrogen-bond acceptors (Lipinski definition) is 8. The second-order valence-corrected chi connectivity index (χ2v) is 9.65. The summed E-state index contributed by atoms with van der Waals surface area (Å²) in [5.74, 6) is 0.241. The Kier molecular flexibility index (Phi) is 6.17. The van der Waals surface area contributed by atoms with Gasteiger partial charge in [0, 0.05) is 23.9 Å². The zero-order valence-corrected chi connectivity index (χ0v) is 18.5. The van der Waals surface area contributed by atoms with Gasteiger partial charge < -0.3 is 25.8 Å². The molecular formula is C21H33ClN4O4. The van der Waals surface area contributed by atoms with Gasteiger partial charge in [0.05, 0.1) is 31.7 Å². The zero-order valence-electron chi connectivity index (χ0n) is 17.8. The summed E-state index contributed by atoms with van der Waals surface area (Å²) in [4.78, 5) is 6.50. The maximum absolute atomic E-state index is 11.2. The van der Waals surface area contributed by atoms with Crippen molar-refractivity contribution in [2.24, 2.45) is 11.7 Å². The predicted molar refractivity (Wildman–Crippen MR) is 113 cm³/mol. The van der Waals surface area contributed by atoms with E-state index in [1.807, 2.05) is 13.1 Å². The fraction of sp³-hybridized carbons (Fsp3) is 0.714. The van der Waals surface area contributed by atoms with Gasteiger partial charge in [0.15, 0.2) is 0 Å². The van der Waals surface area contributed by atoms with Gasteiger partial charge in [0.1, 0.15) is 17.9 Å². The van der Waals surface area contributed by atoms with Crippen molar-refractivity contribution < 1.29 is 20.1 Å². The highest BCUT2D eigenvalue weighted by Gasteiger charge is 2.57. The Bertz CT molecular complexity index is 781. The van der Waals surface area contributed by atoms with Crippen LogP contribution in [-0.4, -0.2) is 93.7 Å². The van der Waals surface area contributed by atoms with Gasteiger partial charge in [0.25, 0.3) is 0 Å². The first-order valence-electron chi connectivity index (χ1n) is 10.5. The van der Waals surface area contributed by atoms with Crippen molar-refractivity contribution in [1.82, 2.24) is 14.7 Å². The molecule has 3 aliphatic heterocycles. The second-order valence-electron chi connectivity index (χ2n) is 9.21. The molecule has 8 nitrogen and oxygen atoms in total. The Balaban J connectivity index is 1.56. The van der Waals surface area contributed by atoms with E-state index >= 15 is 0 Å². The van der Waals surface area contributed by atoms with Gasteiger partial charge in [-0.05, 0) is 50.7 Å². The molecule has 0 bridgehead atoms. The van der Waals surface area contributed by atoms with E-state index in [4.69, 9.17) is 22.1 Å². The molecule has 30 heavy (non-hydrogen) atoms. The monoisotopic (exact) mass is 440 g/mol. The van der Waals surface area contributed by atoms with Crippen LogP contribution >= 0.6 is 11.6 Å². The third-order valence-electron chi connectivity index (χ3n) is 7.18. The second kappa shape index (κ2) is 8.27. The Labute approximate surface area is 182 Å². The molecule has 1 aromatic carbocycles. The van der Waals surface area contributed by atoms with Gasteiger partial charge in [-0.3, -0.25) is 14.7 Å². The molecule has 0 radical (unpaired) electrons. The van der Waals surface area contributed by atoms with Crippen LogP contribution in [0.1, 0.15) is 24.5 Å². The molecule has 3 fully saturated rings. The number of rotatable bonds is 4. The summed E-state index contributed by atoms with van der Waals surface area (Å²) in [5.41, 5.74) is 6.55. The lowest BCUT2D eigenvalue weighted by atomic mass is 9.89. The molecule has 9 heteroatoms. The van der Waals surface area contributed by atoms with Crippen molar-refractivity contribution in [2.45, 2.75) is 62.7 Å². The highest BCUT2D eigenvalue weighted by Crippen LogP contribution is 2.41. The predicted octanol–water partition coefficient (Wildman–Crippen LogP) is -0.0209. The van der Waals surface area contributed by atoms with E-state index in [1.165, 1.54) is 0 Å². The van der Waals surface area contributed by atoms with Crippen molar-refractivity contribution in [3.63, 3.8) is 0 Å². The Hall–Kier alpha value is -0.810. The largest absolute Gasteiger partial charge is 0.392 e. The topological polar surface area (TPSA) is 106 Å². The number of likely N-dealkylation sites (tertiary alicyclic amines) is 1. The smallest absolute Gasteiger partial charge is 0.141 e. The average Bonchev–Trinajstić information content (AvgIpc) is 3.23. The fourth-order valence-corrected chi connectivity index (χ4v) is 5.60. The van der Waals surface area contributed by atoms with Gasteiger partial charge in [0.2, 0.25) is 0 Å². The SMILES string of the molecule is CN1CN(C)C2C(CCN2[C@@H]2O[C@H](Cc3ccc(Cl)cc3CO)[C@@](C)(O)[C@H]2O)C1N.